The Labute approximate surface area is 179 Å². The first-order valence-electron chi connectivity index (χ1n) is 10.1. The lowest BCUT2D eigenvalue weighted by Crippen LogP contribution is -2.31. The van der Waals surface area contributed by atoms with Gasteiger partial charge >= 0.3 is 0 Å². The van der Waals surface area contributed by atoms with Crippen LogP contribution in [0.1, 0.15) is 58.9 Å². The van der Waals surface area contributed by atoms with Crippen LogP contribution in [0.4, 0.5) is 5.69 Å². The van der Waals surface area contributed by atoms with Crippen LogP contribution in [0.3, 0.4) is 0 Å². The molecule has 2 atom stereocenters. The van der Waals surface area contributed by atoms with Crippen molar-refractivity contribution in [2.24, 2.45) is 0 Å². The van der Waals surface area contributed by atoms with Gasteiger partial charge in [-0.15, -0.1) is 0 Å². The Hall–Kier alpha value is -1.33. The summed E-state index contributed by atoms with van der Waals surface area (Å²) < 4.78 is 71.6. The first-order valence-corrected chi connectivity index (χ1v) is 13.1. The molecule has 10 heteroatoms. The highest BCUT2D eigenvalue weighted by molar-refractivity contribution is 7.86. The Morgan fingerprint density at radius 1 is 1.17 bits per heavy atom. The fourth-order valence-corrected chi connectivity index (χ4v) is 5.15. The summed E-state index contributed by atoms with van der Waals surface area (Å²) in [5, 5.41) is 0. The molecule has 1 aliphatic heterocycles. The van der Waals surface area contributed by atoms with Gasteiger partial charge in [0.05, 0.1) is 22.2 Å². The van der Waals surface area contributed by atoms with Crippen LogP contribution in [0.5, 0.6) is 0 Å². The predicted octanol–water partition coefficient (Wildman–Crippen LogP) is 3.18. The lowest BCUT2D eigenvalue weighted by molar-refractivity contribution is -0.441. The Morgan fingerprint density at radius 2 is 1.83 bits per heavy atom. The third-order valence-corrected chi connectivity index (χ3v) is 7.55. The van der Waals surface area contributed by atoms with Crippen molar-refractivity contribution in [3.05, 3.63) is 23.8 Å². The molecule has 2 unspecified atom stereocenters. The van der Waals surface area contributed by atoms with Crippen LogP contribution in [0.25, 0.3) is 0 Å². The second kappa shape index (κ2) is 9.44. The smallest absolute Gasteiger partial charge is 0.294 e. The summed E-state index contributed by atoms with van der Waals surface area (Å²) in [7, 11) is -8.36. The molecule has 30 heavy (non-hydrogen) atoms. The molecule has 2 rings (SSSR count). The van der Waals surface area contributed by atoms with Gasteiger partial charge in [0.25, 0.3) is 20.2 Å². The maximum Gasteiger partial charge on any atom is 0.294 e. The van der Waals surface area contributed by atoms with E-state index in [-0.39, 0.29) is 16.8 Å². The summed E-state index contributed by atoms with van der Waals surface area (Å²) >= 11 is 0. The molecule has 0 fully saturated rings. The molecule has 0 saturated carbocycles. The highest BCUT2D eigenvalue weighted by Crippen LogP contribution is 2.44. The van der Waals surface area contributed by atoms with E-state index in [0.717, 1.165) is 23.4 Å². The van der Waals surface area contributed by atoms with E-state index < -0.39 is 25.7 Å². The van der Waals surface area contributed by atoms with Gasteiger partial charge in [-0.1, -0.05) is 6.42 Å². The summed E-state index contributed by atoms with van der Waals surface area (Å²) in [4.78, 5) is -0.164. The van der Waals surface area contributed by atoms with Crippen molar-refractivity contribution in [2.45, 2.75) is 69.8 Å². The summed E-state index contributed by atoms with van der Waals surface area (Å²) in [6.45, 7) is 9.25. The molecule has 8 nitrogen and oxygen atoms in total. The zero-order chi connectivity index (χ0) is 22.7. The van der Waals surface area contributed by atoms with Gasteiger partial charge in [0.15, 0.2) is 12.3 Å². The van der Waals surface area contributed by atoms with Crippen LogP contribution in [0, 0.1) is 0 Å². The van der Waals surface area contributed by atoms with Crippen molar-refractivity contribution >= 4 is 31.6 Å². The van der Waals surface area contributed by atoms with Crippen LogP contribution in [0.15, 0.2) is 23.1 Å². The van der Waals surface area contributed by atoms with E-state index in [1.54, 1.807) is 6.07 Å². The molecule has 2 N–H and O–H groups in total. The zero-order valence-electron chi connectivity index (χ0n) is 18.0. The van der Waals surface area contributed by atoms with E-state index in [1.165, 1.54) is 12.1 Å². The molecular weight excluding hydrogens is 430 g/mol. The van der Waals surface area contributed by atoms with Gasteiger partial charge < -0.3 is 4.74 Å². The van der Waals surface area contributed by atoms with Gasteiger partial charge in [-0.05, 0) is 45.7 Å². The molecule has 0 saturated heterocycles. The fourth-order valence-electron chi connectivity index (χ4n) is 4.07. The second-order valence-electron chi connectivity index (χ2n) is 8.02. The molecule has 1 aromatic rings. The number of hydrogen-bond donors (Lipinski definition) is 2. The van der Waals surface area contributed by atoms with E-state index >= 15 is 0 Å². The third-order valence-electron chi connectivity index (χ3n) is 5.89. The summed E-state index contributed by atoms with van der Waals surface area (Å²) in [5.74, 6) is -0.310. The average Bonchev–Trinajstić information content (AvgIpc) is 2.83. The van der Waals surface area contributed by atoms with Crippen molar-refractivity contribution in [3.63, 3.8) is 0 Å². The maximum absolute atomic E-state index is 11.7. The van der Waals surface area contributed by atoms with Crippen molar-refractivity contribution in [1.82, 2.24) is 0 Å². The fraction of sp³-hybridized carbons (Fsp3) is 0.650. The third kappa shape index (κ3) is 5.88. The van der Waals surface area contributed by atoms with Crippen LogP contribution in [0.2, 0.25) is 0 Å². The maximum atomic E-state index is 11.7. The molecule has 0 aliphatic carbocycles. The minimum absolute atomic E-state index is 0.0740. The van der Waals surface area contributed by atoms with Crippen LogP contribution in [-0.2, 0) is 30.4 Å². The molecule has 0 bridgehead atoms. The molecular formula is C20H32NO7S2+. The number of unbranched alkanes of at least 4 members (excludes halogenated alkanes) is 1. The Morgan fingerprint density at radius 3 is 2.40 bits per heavy atom. The van der Waals surface area contributed by atoms with Crippen LogP contribution < -0.4 is 0 Å². The van der Waals surface area contributed by atoms with Gasteiger partial charge in [0, 0.05) is 31.6 Å². The van der Waals surface area contributed by atoms with Crippen LogP contribution >= 0.6 is 0 Å². The number of nitrogens with zero attached hydrogens (tertiary/aromatic N) is 1. The van der Waals surface area contributed by atoms with E-state index in [9.17, 15) is 21.4 Å². The Bertz CT molecular complexity index is 1020. The molecule has 0 radical (unpaired) electrons. The van der Waals surface area contributed by atoms with Gasteiger partial charge in [0.1, 0.15) is 0 Å². The highest BCUT2D eigenvalue weighted by atomic mass is 32.2. The first kappa shape index (κ1) is 24.9. The predicted molar refractivity (Wildman–Crippen MR) is 115 cm³/mol. The summed E-state index contributed by atoms with van der Waals surface area (Å²) in [6.07, 6.45) is 2.27. The minimum Gasteiger partial charge on any atom is -0.379 e. The number of ether oxygens (including phenoxy) is 1. The number of fused-ring (bicyclic) bond motifs is 1. The van der Waals surface area contributed by atoms with Crippen molar-refractivity contribution in [1.29, 1.82) is 0 Å². The van der Waals surface area contributed by atoms with E-state index in [4.69, 9.17) is 9.29 Å². The molecule has 1 aliphatic rings. The standard InChI is InChI=1S/C20H31NO7S2/c1-5-28-15(2)10-12-21-16(3)20(4,11-6-7-13-29(22,23)24)18-14-17(30(25,26)27)8-9-19(18)21/h8-9,14-15H,5-7,10-13H2,1-4H3,(H-,22,23,24,25,26,27)/p+1. The lowest BCUT2D eigenvalue weighted by Gasteiger charge is -2.22. The van der Waals surface area contributed by atoms with Crippen molar-refractivity contribution < 1.29 is 35.3 Å². The van der Waals surface area contributed by atoms with Gasteiger partial charge in [-0.3, -0.25) is 9.11 Å². The van der Waals surface area contributed by atoms with E-state index in [0.29, 0.717) is 32.4 Å². The summed E-state index contributed by atoms with van der Waals surface area (Å²) in [5.41, 5.74) is 2.16. The Kier molecular flexibility index (Phi) is 7.84. The molecule has 0 amide bonds. The number of benzene rings is 1. The zero-order valence-corrected chi connectivity index (χ0v) is 19.6. The molecule has 0 aromatic heterocycles. The SMILES string of the molecule is CCOC(C)CC[N+]1=C(C)C(C)(CCCCS(=O)(=O)O)c2cc(S(=O)(=O)O)ccc21. The highest BCUT2D eigenvalue weighted by Gasteiger charge is 2.46. The van der Waals surface area contributed by atoms with Crippen molar-refractivity contribution in [2.75, 3.05) is 18.9 Å². The largest absolute Gasteiger partial charge is 0.379 e. The van der Waals surface area contributed by atoms with Crippen molar-refractivity contribution in [3.8, 4) is 0 Å². The number of rotatable bonds is 11. The van der Waals surface area contributed by atoms with Gasteiger partial charge in [-0.25, -0.2) is 0 Å². The summed E-state index contributed by atoms with van der Waals surface area (Å²) in [6, 6.07) is 4.60. The topological polar surface area (TPSA) is 121 Å². The molecule has 0 spiro atoms. The minimum atomic E-state index is -4.35. The molecule has 1 heterocycles. The normalized spacial score (nSPS) is 20.5. The number of hydrogen-bond acceptors (Lipinski definition) is 5. The molecule has 1 aromatic carbocycles. The Balaban J connectivity index is 2.38. The molecule has 170 valence electrons. The lowest BCUT2D eigenvalue weighted by atomic mass is 9.76. The van der Waals surface area contributed by atoms with Crippen LogP contribution in [-0.4, -0.2) is 61.2 Å². The van der Waals surface area contributed by atoms with E-state index in [2.05, 4.69) is 4.58 Å². The first-order chi connectivity index (χ1) is 13.8. The second-order valence-corrected chi connectivity index (χ2v) is 11.0. The van der Waals surface area contributed by atoms with E-state index in [1.807, 2.05) is 27.7 Å². The monoisotopic (exact) mass is 462 g/mol. The average molecular weight is 463 g/mol. The van der Waals surface area contributed by atoms with Gasteiger partial charge in [-0.2, -0.15) is 21.4 Å². The van der Waals surface area contributed by atoms with Gasteiger partial charge in [0.2, 0.25) is 5.69 Å². The quantitative estimate of drug-likeness (QED) is 0.294.